The van der Waals surface area contributed by atoms with E-state index in [9.17, 15) is 5.11 Å². The van der Waals surface area contributed by atoms with Crippen LogP contribution >= 0.6 is 38.9 Å². The van der Waals surface area contributed by atoms with E-state index in [4.69, 9.17) is 11.6 Å². The molecule has 0 fully saturated rings. The van der Waals surface area contributed by atoms with Gasteiger partial charge in [0.2, 0.25) is 0 Å². The van der Waals surface area contributed by atoms with Crippen LogP contribution in [0.3, 0.4) is 0 Å². The molecular weight excluding hydrogens is 324 g/mol. The maximum atomic E-state index is 10.4. The summed E-state index contributed by atoms with van der Waals surface area (Å²) in [5.74, 6) is 0. The first-order valence-corrected chi connectivity index (χ1v) is 7.21. The van der Waals surface area contributed by atoms with Gasteiger partial charge in [0.1, 0.15) is 6.10 Å². The summed E-state index contributed by atoms with van der Waals surface area (Å²) in [5.41, 5.74) is 0.643. The highest BCUT2D eigenvalue weighted by molar-refractivity contribution is 9.10. The average molecular weight is 336 g/mol. The molecule has 6 heteroatoms. The predicted molar refractivity (Wildman–Crippen MR) is 73.7 cm³/mol. The summed E-state index contributed by atoms with van der Waals surface area (Å²) in [4.78, 5) is 0.842. The molecule has 0 aliphatic carbocycles. The zero-order valence-electron chi connectivity index (χ0n) is 9.39. The third kappa shape index (κ3) is 2.42. The molecule has 2 heterocycles. The van der Waals surface area contributed by atoms with Gasteiger partial charge in [-0.2, -0.15) is 5.10 Å². The van der Waals surface area contributed by atoms with Crippen LogP contribution in [0.4, 0.5) is 0 Å². The van der Waals surface area contributed by atoms with E-state index < -0.39 is 6.10 Å². The molecule has 0 aliphatic heterocycles. The molecule has 1 N–H and O–H groups in total. The molecule has 1 unspecified atom stereocenters. The number of hydrogen-bond acceptors (Lipinski definition) is 3. The van der Waals surface area contributed by atoms with E-state index in [1.54, 1.807) is 10.9 Å². The fraction of sp³-hybridized carbons (Fsp3) is 0.364. The molecule has 0 bridgehead atoms. The van der Waals surface area contributed by atoms with Gasteiger partial charge in [0.05, 0.1) is 21.8 Å². The Labute approximate surface area is 117 Å². The number of aromatic nitrogens is 2. The number of nitrogens with zero attached hydrogens (tertiary/aromatic N) is 2. The van der Waals surface area contributed by atoms with Crippen LogP contribution in [0.25, 0.3) is 0 Å². The number of rotatable bonds is 3. The molecule has 0 saturated carbocycles. The van der Waals surface area contributed by atoms with Gasteiger partial charge >= 0.3 is 0 Å². The summed E-state index contributed by atoms with van der Waals surface area (Å²) in [7, 11) is 0. The largest absolute Gasteiger partial charge is 0.381 e. The molecule has 2 aromatic rings. The van der Waals surface area contributed by atoms with Crippen molar-refractivity contribution in [2.75, 3.05) is 0 Å². The third-order valence-electron chi connectivity index (χ3n) is 2.43. The smallest absolute Gasteiger partial charge is 0.132 e. The van der Waals surface area contributed by atoms with Crippen LogP contribution in [0.2, 0.25) is 5.02 Å². The minimum Gasteiger partial charge on any atom is -0.381 e. The van der Waals surface area contributed by atoms with E-state index >= 15 is 0 Å². The maximum Gasteiger partial charge on any atom is 0.132 e. The molecule has 0 saturated heterocycles. The highest BCUT2D eigenvalue weighted by Gasteiger charge is 2.23. The van der Waals surface area contributed by atoms with Crippen molar-refractivity contribution in [1.82, 2.24) is 9.78 Å². The van der Waals surface area contributed by atoms with Crippen molar-refractivity contribution in [3.63, 3.8) is 0 Å². The first kappa shape index (κ1) is 13.1. The van der Waals surface area contributed by atoms with Crippen LogP contribution in [0.5, 0.6) is 0 Å². The normalized spacial score (nSPS) is 13.3. The van der Waals surface area contributed by atoms with E-state index in [-0.39, 0.29) is 6.04 Å². The van der Waals surface area contributed by atoms with E-state index in [1.807, 2.05) is 25.3 Å². The van der Waals surface area contributed by atoms with Gasteiger partial charge in [0.15, 0.2) is 0 Å². The molecule has 0 spiro atoms. The van der Waals surface area contributed by atoms with Gasteiger partial charge in [0.25, 0.3) is 0 Å². The molecule has 0 aliphatic rings. The van der Waals surface area contributed by atoms with Gasteiger partial charge in [-0.3, -0.25) is 4.68 Å². The number of hydrogen-bond donors (Lipinski definition) is 1. The number of thiophene rings is 1. The standard InChI is InChI=1S/C11H12BrClN2OS/c1-6(2)15-9(8(13)5-14-15)10(16)11-7(12)3-4-17-11/h3-6,10,16H,1-2H3. The summed E-state index contributed by atoms with van der Waals surface area (Å²) in [5, 5.41) is 17.0. The molecule has 17 heavy (non-hydrogen) atoms. The van der Waals surface area contributed by atoms with Crippen LogP contribution < -0.4 is 0 Å². The van der Waals surface area contributed by atoms with Crippen molar-refractivity contribution >= 4 is 38.9 Å². The fourth-order valence-electron chi connectivity index (χ4n) is 1.64. The zero-order valence-corrected chi connectivity index (χ0v) is 12.6. The van der Waals surface area contributed by atoms with Crippen LogP contribution in [0, 0.1) is 0 Å². The Morgan fingerprint density at radius 2 is 2.24 bits per heavy atom. The first-order chi connectivity index (χ1) is 8.02. The first-order valence-electron chi connectivity index (χ1n) is 5.16. The van der Waals surface area contributed by atoms with E-state index in [0.717, 1.165) is 9.35 Å². The lowest BCUT2D eigenvalue weighted by Gasteiger charge is -2.16. The Bertz CT molecular complexity index is 523. The Hall–Kier alpha value is -0.360. The van der Waals surface area contributed by atoms with Crippen molar-refractivity contribution in [3.05, 3.63) is 37.7 Å². The Kier molecular flexibility index (Phi) is 3.92. The van der Waals surface area contributed by atoms with Crippen molar-refractivity contribution in [1.29, 1.82) is 0 Å². The second-order valence-electron chi connectivity index (χ2n) is 3.95. The molecule has 92 valence electrons. The third-order valence-corrected chi connectivity index (χ3v) is 4.64. The van der Waals surface area contributed by atoms with Crippen molar-refractivity contribution in [2.24, 2.45) is 0 Å². The Morgan fingerprint density at radius 3 is 2.76 bits per heavy atom. The lowest BCUT2D eigenvalue weighted by molar-refractivity contribution is 0.208. The predicted octanol–water partition coefficient (Wildman–Crippen LogP) is 4.02. The second-order valence-corrected chi connectivity index (χ2v) is 6.16. The van der Waals surface area contributed by atoms with Gasteiger partial charge < -0.3 is 5.11 Å². The van der Waals surface area contributed by atoms with Gasteiger partial charge in [0, 0.05) is 10.5 Å². The molecule has 0 amide bonds. The van der Waals surface area contributed by atoms with Crippen LogP contribution in [0.1, 0.15) is 36.6 Å². The fourth-order valence-corrected chi connectivity index (χ4v) is 3.45. The zero-order chi connectivity index (χ0) is 12.6. The quantitative estimate of drug-likeness (QED) is 0.920. The summed E-state index contributed by atoms with van der Waals surface area (Å²) >= 11 is 11.0. The lowest BCUT2D eigenvalue weighted by atomic mass is 10.2. The molecule has 0 aromatic carbocycles. The Balaban J connectivity index is 2.47. The second kappa shape index (κ2) is 5.10. The average Bonchev–Trinajstić information content (AvgIpc) is 2.83. The number of aliphatic hydroxyl groups is 1. The SMILES string of the molecule is CC(C)n1ncc(Cl)c1C(O)c1sccc1Br. The molecule has 0 radical (unpaired) electrons. The van der Waals surface area contributed by atoms with E-state index in [0.29, 0.717) is 10.7 Å². The summed E-state index contributed by atoms with van der Waals surface area (Å²) in [6, 6.07) is 2.07. The maximum absolute atomic E-state index is 10.4. The van der Waals surface area contributed by atoms with E-state index in [1.165, 1.54) is 11.3 Å². The summed E-state index contributed by atoms with van der Waals surface area (Å²) < 4.78 is 2.64. The lowest BCUT2D eigenvalue weighted by Crippen LogP contribution is -2.12. The topological polar surface area (TPSA) is 38.0 Å². The molecular formula is C11H12BrClN2OS. The minimum atomic E-state index is -0.748. The van der Waals surface area contributed by atoms with Crippen molar-refractivity contribution in [2.45, 2.75) is 26.0 Å². The summed E-state index contributed by atoms with van der Waals surface area (Å²) in [6.07, 6.45) is 0.823. The van der Waals surface area contributed by atoms with Crippen molar-refractivity contribution < 1.29 is 5.11 Å². The van der Waals surface area contributed by atoms with Gasteiger partial charge in [-0.15, -0.1) is 11.3 Å². The minimum absolute atomic E-state index is 0.158. The molecule has 3 nitrogen and oxygen atoms in total. The summed E-state index contributed by atoms with van der Waals surface area (Å²) in [6.45, 7) is 4.01. The van der Waals surface area contributed by atoms with Gasteiger partial charge in [-0.25, -0.2) is 0 Å². The highest BCUT2D eigenvalue weighted by Crippen LogP contribution is 2.36. The van der Waals surface area contributed by atoms with Gasteiger partial charge in [-0.1, -0.05) is 11.6 Å². The monoisotopic (exact) mass is 334 g/mol. The van der Waals surface area contributed by atoms with E-state index in [2.05, 4.69) is 21.0 Å². The number of aliphatic hydroxyl groups excluding tert-OH is 1. The van der Waals surface area contributed by atoms with Gasteiger partial charge in [-0.05, 0) is 41.2 Å². The molecule has 2 aromatic heterocycles. The highest BCUT2D eigenvalue weighted by atomic mass is 79.9. The molecule has 1 atom stereocenters. The van der Waals surface area contributed by atoms with Crippen LogP contribution in [-0.2, 0) is 0 Å². The molecule has 2 rings (SSSR count). The van der Waals surface area contributed by atoms with Crippen LogP contribution in [0.15, 0.2) is 22.1 Å². The number of halogens is 2. The van der Waals surface area contributed by atoms with Crippen molar-refractivity contribution in [3.8, 4) is 0 Å². The van der Waals surface area contributed by atoms with Crippen LogP contribution in [-0.4, -0.2) is 14.9 Å². The Morgan fingerprint density at radius 1 is 1.53 bits per heavy atom.